The number of sulfonamides is 1. The van der Waals surface area contributed by atoms with Crippen molar-refractivity contribution in [2.75, 3.05) is 19.9 Å². The zero-order valence-corrected chi connectivity index (χ0v) is 15.4. The molecule has 0 atom stereocenters. The second-order valence-electron chi connectivity index (χ2n) is 6.40. The maximum atomic E-state index is 12.9. The van der Waals surface area contributed by atoms with Crippen LogP contribution in [-0.2, 0) is 10.0 Å². The Kier molecular flexibility index (Phi) is 4.00. The first kappa shape index (κ1) is 17.0. The Morgan fingerprint density at radius 1 is 1.12 bits per heavy atom. The first-order valence-electron chi connectivity index (χ1n) is 8.40. The van der Waals surface area contributed by atoms with Gasteiger partial charge in [-0.15, -0.1) is 0 Å². The predicted molar refractivity (Wildman–Crippen MR) is 92.0 cm³/mol. The fourth-order valence-electron chi connectivity index (χ4n) is 3.41. The largest absolute Gasteiger partial charge is 0.454 e. The fourth-order valence-corrected chi connectivity index (χ4v) is 5.28. The number of hydrogen-bond acceptors (Lipinski definition) is 6. The van der Waals surface area contributed by atoms with E-state index in [0.29, 0.717) is 41.5 Å². The Morgan fingerprint density at radius 2 is 1.81 bits per heavy atom. The number of aryl methyl sites for hydroxylation is 1. The molecule has 0 saturated carbocycles. The summed E-state index contributed by atoms with van der Waals surface area (Å²) in [4.78, 5) is 13.0. The average molecular weight is 377 g/mol. The lowest BCUT2D eigenvalue weighted by molar-refractivity contribution is 0.0941. The molecule has 0 amide bonds. The molecule has 3 heterocycles. The van der Waals surface area contributed by atoms with Gasteiger partial charge in [-0.1, -0.05) is 0 Å². The highest BCUT2D eigenvalue weighted by Crippen LogP contribution is 2.33. The summed E-state index contributed by atoms with van der Waals surface area (Å²) in [6, 6.07) is 4.85. The Labute approximate surface area is 151 Å². The first-order valence-corrected chi connectivity index (χ1v) is 9.84. The van der Waals surface area contributed by atoms with Crippen molar-refractivity contribution < 1.29 is 22.7 Å². The molecule has 9 heteroatoms. The van der Waals surface area contributed by atoms with Crippen molar-refractivity contribution in [2.45, 2.75) is 31.6 Å². The number of aromatic nitrogens is 2. The molecular weight excluding hydrogens is 358 g/mol. The van der Waals surface area contributed by atoms with E-state index in [-0.39, 0.29) is 11.7 Å². The minimum atomic E-state index is -3.65. The van der Waals surface area contributed by atoms with Crippen molar-refractivity contribution in [3.8, 4) is 11.5 Å². The topological polar surface area (TPSA) is 90.7 Å². The van der Waals surface area contributed by atoms with Crippen molar-refractivity contribution in [1.82, 2.24) is 14.1 Å². The summed E-state index contributed by atoms with van der Waals surface area (Å²) in [5.41, 5.74) is 0.991. The lowest BCUT2D eigenvalue weighted by Crippen LogP contribution is -2.29. The molecule has 0 radical (unpaired) electrons. The molecule has 138 valence electrons. The molecule has 1 fully saturated rings. The number of rotatable bonds is 3. The van der Waals surface area contributed by atoms with Crippen LogP contribution in [0.5, 0.6) is 11.5 Å². The molecule has 0 N–H and O–H groups in total. The minimum Gasteiger partial charge on any atom is -0.454 e. The van der Waals surface area contributed by atoms with Gasteiger partial charge in [-0.3, -0.25) is 4.79 Å². The molecule has 2 aliphatic rings. The van der Waals surface area contributed by atoms with E-state index in [9.17, 15) is 13.2 Å². The van der Waals surface area contributed by atoms with Crippen molar-refractivity contribution in [1.29, 1.82) is 0 Å². The molecule has 26 heavy (non-hydrogen) atoms. The summed E-state index contributed by atoms with van der Waals surface area (Å²) >= 11 is 0. The maximum Gasteiger partial charge on any atom is 0.278 e. The van der Waals surface area contributed by atoms with Gasteiger partial charge in [0.15, 0.2) is 11.5 Å². The quantitative estimate of drug-likeness (QED) is 0.809. The molecule has 0 spiro atoms. The number of carbonyl (C=O) groups is 1. The predicted octanol–water partition coefficient (Wildman–Crippen LogP) is 1.70. The van der Waals surface area contributed by atoms with Gasteiger partial charge in [0.2, 0.25) is 16.8 Å². The van der Waals surface area contributed by atoms with E-state index in [4.69, 9.17) is 9.47 Å². The van der Waals surface area contributed by atoms with Gasteiger partial charge in [0, 0.05) is 18.7 Å². The zero-order valence-electron chi connectivity index (χ0n) is 14.6. The van der Waals surface area contributed by atoms with Gasteiger partial charge < -0.3 is 9.47 Å². The Bertz CT molecular complexity index is 990. The Hall–Kier alpha value is -2.39. The normalized spacial score (nSPS) is 17.0. The molecule has 4 rings (SSSR count). The molecule has 2 aliphatic heterocycles. The second-order valence-corrected chi connectivity index (χ2v) is 8.27. The van der Waals surface area contributed by atoms with Gasteiger partial charge in [-0.2, -0.15) is 14.1 Å². The van der Waals surface area contributed by atoms with Crippen LogP contribution >= 0.6 is 0 Å². The summed E-state index contributed by atoms with van der Waals surface area (Å²) < 4.78 is 39.0. The molecule has 1 saturated heterocycles. The third-order valence-electron chi connectivity index (χ3n) is 4.70. The average Bonchev–Trinajstić information content (AvgIpc) is 3.33. The molecule has 0 unspecified atom stereocenters. The van der Waals surface area contributed by atoms with Gasteiger partial charge in [-0.25, -0.2) is 8.42 Å². The van der Waals surface area contributed by atoms with Crippen LogP contribution < -0.4 is 9.47 Å². The molecule has 8 nitrogen and oxygen atoms in total. The standard InChI is InChI=1S/C17H19N3O5S/c1-11-16(26(22,23)19-7-3-4-8-19)12(2)20(18-11)17(21)13-5-6-14-15(9-13)25-10-24-14/h5-6,9H,3-4,7-8,10H2,1-2H3. The van der Waals surface area contributed by atoms with Crippen molar-refractivity contribution in [3.05, 3.63) is 35.2 Å². The van der Waals surface area contributed by atoms with Gasteiger partial charge >= 0.3 is 0 Å². The molecule has 1 aromatic carbocycles. The highest BCUT2D eigenvalue weighted by atomic mass is 32.2. The van der Waals surface area contributed by atoms with E-state index in [1.165, 1.54) is 4.31 Å². The summed E-state index contributed by atoms with van der Waals surface area (Å²) in [7, 11) is -3.65. The molecule has 2 aromatic rings. The van der Waals surface area contributed by atoms with Crippen LogP contribution in [-0.4, -0.2) is 48.3 Å². The van der Waals surface area contributed by atoms with Crippen LogP contribution in [0, 0.1) is 13.8 Å². The van der Waals surface area contributed by atoms with E-state index < -0.39 is 15.9 Å². The van der Waals surface area contributed by atoms with Crippen LogP contribution in [0.2, 0.25) is 0 Å². The SMILES string of the molecule is Cc1nn(C(=O)c2ccc3c(c2)OCO3)c(C)c1S(=O)(=O)N1CCCC1. The van der Waals surface area contributed by atoms with Crippen molar-refractivity contribution >= 4 is 15.9 Å². The lowest BCUT2D eigenvalue weighted by atomic mass is 10.2. The Morgan fingerprint density at radius 3 is 2.54 bits per heavy atom. The summed E-state index contributed by atoms with van der Waals surface area (Å²) in [6.07, 6.45) is 1.70. The first-order chi connectivity index (χ1) is 12.4. The van der Waals surface area contributed by atoms with Crippen LogP contribution in [0.15, 0.2) is 23.1 Å². The van der Waals surface area contributed by atoms with Crippen molar-refractivity contribution in [2.24, 2.45) is 0 Å². The third-order valence-corrected chi connectivity index (χ3v) is 6.85. The lowest BCUT2D eigenvalue weighted by Gasteiger charge is -2.15. The molecule has 0 bridgehead atoms. The summed E-state index contributed by atoms with van der Waals surface area (Å²) in [5.74, 6) is 0.654. The fraction of sp³-hybridized carbons (Fsp3) is 0.412. The number of hydrogen-bond donors (Lipinski definition) is 0. The molecule has 0 aliphatic carbocycles. The highest BCUT2D eigenvalue weighted by Gasteiger charge is 2.33. The third kappa shape index (κ3) is 2.58. The van der Waals surface area contributed by atoms with E-state index in [2.05, 4.69) is 5.10 Å². The van der Waals surface area contributed by atoms with E-state index >= 15 is 0 Å². The number of carbonyl (C=O) groups excluding carboxylic acids is 1. The summed E-state index contributed by atoms with van der Waals surface area (Å²) in [5, 5.41) is 4.21. The zero-order chi connectivity index (χ0) is 18.5. The molecule has 1 aromatic heterocycles. The van der Waals surface area contributed by atoms with E-state index in [1.54, 1.807) is 32.0 Å². The van der Waals surface area contributed by atoms with Gasteiger partial charge in [0.25, 0.3) is 5.91 Å². The Balaban J connectivity index is 1.73. The monoisotopic (exact) mass is 377 g/mol. The van der Waals surface area contributed by atoms with Crippen molar-refractivity contribution in [3.63, 3.8) is 0 Å². The molecular formula is C17H19N3O5S. The van der Waals surface area contributed by atoms with E-state index in [0.717, 1.165) is 17.5 Å². The highest BCUT2D eigenvalue weighted by molar-refractivity contribution is 7.89. The maximum absolute atomic E-state index is 12.9. The van der Waals surface area contributed by atoms with Gasteiger partial charge in [0.1, 0.15) is 4.90 Å². The van der Waals surface area contributed by atoms with Crippen LogP contribution in [0.4, 0.5) is 0 Å². The smallest absolute Gasteiger partial charge is 0.278 e. The number of nitrogens with zero attached hydrogens (tertiary/aromatic N) is 3. The minimum absolute atomic E-state index is 0.116. The van der Waals surface area contributed by atoms with Crippen LogP contribution in [0.1, 0.15) is 34.6 Å². The van der Waals surface area contributed by atoms with Gasteiger partial charge in [-0.05, 0) is 44.9 Å². The number of benzene rings is 1. The van der Waals surface area contributed by atoms with Crippen LogP contribution in [0.25, 0.3) is 0 Å². The van der Waals surface area contributed by atoms with E-state index in [1.807, 2.05) is 0 Å². The second kappa shape index (κ2) is 6.10. The van der Waals surface area contributed by atoms with Gasteiger partial charge in [0.05, 0.1) is 11.4 Å². The number of ether oxygens (including phenoxy) is 2. The summed E-state index contributed by atoms with van der Waals surface area (Å²) in [6.45, 7) is 4.34. The number of fused-ring (bicyclic) bond motifs is 1. The van der Waals surface area contributed by atoms with Crippen LogP contribution in [0.3, 0.4) is 0 Å².